The number of aliphatic hydroxyl groups excluding tert-OH is 4. The molecule has 0 bridgehead atoms. The molecule has 0 amide bonds. The van der Waals surface area contributed by atoms with Gasteiger partial charge in [0.2, 0.25) is 0 Å². The topological polar surface area (TPSA) is 124 Å². The van der Waals surface area contributed by atoms with E-state index in [0.29, 0.717) is 6.42 Å². The summed E-state index contributed by atoms with van der Waals surface area (Å²) in [7, 11) is 0. The number of Topliss-reactive ketones (excluding diaryl/α,β-unsaturated/α-hetero) is 1. The number of esters is 1. The number of carbonyl (C=O) groups excluding carboxylic acids is 2. The third-order valence-corrected chi connectivity index (χ3v) is 4.11. The van der Waals surface area contributed by atoms with Crippen molar-refractivity contribution in [3.8, 4) is 0 Å². The Morgan fingerprint density at radius 3 is 1.80 bits per heavy atom. The van der Waals surface area contributed by atoms with Gasteiger partial charge in [-0.3, -0.25) is 4.79 Å². The van der Waals surface area contributed by atoms with Crippen molar-refractivity contribution in [2.45, 2.75) is 89.4 Å². The Hall–Kier alpha value is -1.02. The molecule has 0 aromatic rings. The van der Waals surface area contributed by atoms with Crippen molar-refractivity contribution in [3.05, 3.63) is 0 Å². The number of ketones is 1. The van der Waals surface area contributed by atoms with Crippen molar-refractivity contribution in [3.63, 3.8) is 0 Å². The molecule has 0 saturated heterocycles. The van der Waals surface area contributed by atoms with Gasteiger partial charge in [0.25, 0.3) is 5.78 Å². The van der Waals surface area contributed by atoms with Crippen molar-refractivity contribution < 1.29 is 34.8 Å². The molecule has 0 aromatic carbocycles. The number of unbranched alkanes of at least 4 members (excludes halogenated alkanes) is 9. The number of hydrogen-bond acceptors (Lipinski definition) is 7. The predicted octanol–water partition coefficient (Wildman–Crippen LogP) is 1.09. The summed E-state index contributed by atoms with van der Waals surface area (Å²) in [5, 5.41) is 36.6. The molecule has 0 aliphatic carbocycles. The van der Waals surface area contributed by atoms with Crippen LogP contribution in [0.25, 0.3) is 0 Å². The first-order valence-corrected chi connectivity index (χ1v) is 9.31. The summed E-state index contributed by atoms with van der Waals surface area (Å²) in [5.41, 5.74) is 0. The maximum absolute atomic E-state index is 11.5. The summed E-state index contributed by atoms with van der Waals surface area (Å²) in [4.78, 5) is 23.0. The SMILES string of the molecule is CCCCCCCCCCCCOC(=O)C(=O)[C@H](O)[C@H](O)[C@@H](O)CO. The van der Waals surface area contributed by atoms with E-state index in [1.54, 1.807) is 0 Å². The minimum Gasteiger partial charge on any atom is -0.460 e. The molecule has 0 aromatic heterocycles. The molecule has 148 valence electrons. The highest BCUT2D eigenvalue weighted by Gasteiger charge is 2.34. The maximum atomic E-state index is 11.5. The molecule has 3 atom stereocenters. The molecule has 25 heavy (non-hydrogen) atoms. The molecule has 0 fully saturated rings. The van der Waals surface area contributed by atoms with Crippen LogP contribution >= 0.6 is 0 Å². The lowest BCUT2D eigenvalue weighted by Gasteiger charge is -2.19. The Morgan fingerprint density at radius 2 is 1.32 bits per heavy atom. The zero-order chi connectivity index (χ0) is 19.1. The van der Waals surface area contributed by atoms with E-state index in [0.717, 1.165) is 19.3 Å². The molecule has 0 heterocycles. The van der Waals surface area contributed by atoms with Gasteiger partial charge in [-0.05, 0) is 6.42 Å². The number of rotatable bonds is 16. The summed E-state index contributed by atoms with van der Waals surface area (Å²) >= 11 is 0. The average Bonchev–Trinajstić information content (AvgIpc) is 2.63. The molecule has 0 radical (unpaired) electrons. The maximum Gasteiger partial charge on any atom is 0.377 e. The highest BCUT2D eigenvalue weighted by atomic mass is 16.5. The van der Waals surface area contributed by atoms with Crippen LogP contribution in [0.4, 0.5) is 0 Å². The number of hydrogen-bond donors (Lipinski definition) is 4. The highest BCUT2D eigenvalue weighted by molar-refractivity contribution is 6.35. The smallest absolute Gasteiger partial charge is 0.377 e. The first kappa shape index (κ1) is 24.0. The van der Waals surface area contributed by atoms with Gasteiger partial charge < -0.3 is 25.2 Å². The average molecular weight is 362 g/mol. The molecule has 0 rings (SSSR count). The van der Waals surface area contributed by atoms with Gasteiger partial charge in [0.15, 0.2) is 6.10 Å². The Bertz CT molecular complexity index is 359. The van der Waals surface area contributed by atoms with E-state index in [-0.39, 0.29) is 6.61 Å². The molecule has 4 N–H and O–H groups in total. The minimum atomic E-state index is -2.11. The fourth-order valence-corrected chi connectivity index (χ4v) is 2.42. The Balaban J connectivity index is 3.68. The van der Waals surface area contributed by atoms with Gasteiger partial charge in [0, 0.05) is 0 Å². The van der Waals surface area contributed by atoms with Crippen LogP contribution in [0, 0.1) is 0 Å². The second-order valence-electron chi connectivity index (χ2n) is 6.37. The van der Waals surface area contributed by atoms with Crippen LogP contribution in [0.5, 0.6) is 0 Å². The molecule has 0 aliphatic heterocycles. The third-order valence-electron chi connectivity index (χ3n) is 4.11. The van der Waals surface area contributed by atoms with Crippen LogP contribution in [-0.2, 0) is 14.3 Å². The third kappa shape index (κ3) is 11.3. The summed E-state index contributed by atoms with van der Waals surface area (Å²) in [6.45, 7) is 1.44. The Kier molecular flexibility index (Phi) is 14.6. The van der Waals surface area contributed by atoms with E-state index in [1.165, 1.54) is 38.5 Å². The number of carbonyl (C=O) groups is 2. The first-order valence-electron chi connectivity index (χ1n) is 9.31. The fraction of sp³-hybridized carbons (Fsp3) is 0.889. The minimum absolute atomic E-state index is 0.0758. The molecule has 7 heteroatoms. The van der Waals surface area contributed by atoms with E-state index in [9.17, 15) is 19.8 Å². The van der Waals surface area contributed by atoms with Crippen LogP contribution in [0.1, 0.15) is 71.1 Å². The zero-order valence-electron chi connectivity index (χ0n) is 15.2. The monoisotopic (exact) mass is 362 g/mol. The summed E-state index contributed by atoms with van der Waals surface area (Å²) in [5.74, 6) is -2.57. The number of ether oxygens (including phenoxy) is 1. The van der Waals surface area contributed by atoms with Gasteiger partial charge in [0.05, 0.1) is 13.2 Å². The molecule has 7 nitrogen and oxygen atoms in total. The van der Waals surface area contributed by atoms with Gasteiger partial charge in [-0.25, -0.2) is 4.79 Å². The van der Waals surface area contributed by atoms with Gasteiger partial charge in [-0.15, -0.1) is 0 Å². The lowest BCUT2D eigenvalue weighted by Crippen LogP contribution is -2.46. The Morgan fingerprint density at radius 1 is 0.840 bits per heavy atom. The van der Waals surface area contributed by atoms with Crippen molar-refractivity contribution in [2.24, 2.45) is 0 Å². The summed E-state index contributed by atoms with van der Waals surface area (Å²) in [6.07, 6.45) is 5.57. The van der Waals surface area contributed by atoms with E-state index in [2.05, 4.69) is 6.92 Å². The molecule has 0 spiro atoms. The number of aliphatic hydroxyl groups is 4. The van der Waals surface area contributed by atoms with E-state index in [1.807, 2.05) is 0 Å². The van der Waals surface area contributed by atoms with Crippen LogP contribution in [0.15, 0.2) is 0 Å². The van der Waals surface area contributed by atoms with Crippen molar-refractivity contribution >= 4 is 11.8 Å². The standard InChI is InChI=1S/C18H34O7/c1-2-3-4-5-6-7-8-9-10-11-12-25-18(24)17(23)16(22)15(21)14(20)13-19/h14-16,19-22H,2-13H2,1H3/t14-,15+,16+/m0/s1. The van der Waals surface area contributed by atoms with Crippen molar-refractivity contribution in [1.82, 2.24) is 0 Å². The fourth-order valence-electron chi connectivity index (χ4n) is 2.42. The highest BCUT2D eigenvalue weighted by Crippen LogP contribution is 2.10. The summed E-state index contributed by atoms with van der Waals surface area (Å²) in [6, 6.07) is 0. The van der Waals surface area contributed by atoms with Crippen LogP contribution < -0.4 is 0 Å². The second-order valence-corrected chi connectivity index (χ2v) is 6.37. The van der Waals surface area contributed by atoms with Crippen molar-refractivity contribution in [2.75, 3.05) is 13.2 Å². The zero-order valence-corrected chi connectivity index (χ0v) is 15.2. The predicted molar refractivity (Wildman–Crippen MR) is 92.9 cm³/mol. The lowest BCUT2D eigenvalue weighted by atomic mass is 10.0. The van der Waals surface area contributed by atoms with Gasteiger partial charge >= 0.3 is 5.97 Å². The van der Waals surface area contributed by atoms with E-state index in [4.69, 9.17) is 14.9 Å². The van der Waals surface area contributed by atoms with Gasteiger partial charge in [0.1, 0.15) is 12.2 Å². The van der Waals surface area contributed by atoms with Crippen LogP contribution in [-0.4, -0.2) is 63.7 Å². The van der Waals surface area contributed by atoms with Crippen LogP contribution in [0.3, 0.4) is 0 Å². The summed E-state index contributed by atoms with van der Waals surface area (Å²) < 4.78 is 4.76. The van der Waals surface area contributed by atoms with Crippen molar-refractivity contribution in [1.29, 1.82) is 0 Å². The molecular formula is C18H34O7. The molecule has 0 saturated carbocycles. The molecule has 0 unspecified atom stereocenters. The van der Waals surface area contributed by atoms with Gasteiger partial charge in [-0.1, -0.05) is 64.7 Å². The quantitative estimate of drug-likeness (QED) is 0.184. The molecular weight excluding hydrogens is 328 g/mol. The van der Waals surface area contributed by atoms with Crippen LogP contribution in [0.2, 0.25) is 0 Å². The van der Waals surface area contributed by atoms with Gasteiger partial charge in [-0.2, -0.15) is 0 Å². The van der Waals surface area contributed by atoms with E-state index < -0.39 is 36.7 Å². The largest absolute Gasteiger partial charge is 0.460 e. The normalized spacial score (nSPS) is 14.8. The molecule has 0 aliphatic rings. The Labute approximate surface area is 150 Å². The first-order chi connectivity index (χ1) is 12.0. The lowest BCUT2D eigenvalue weighted by molar-refractivity contribution is -0.163. The van der Waals surface area contributed by atoms with E-state index >= 15 is 0 Å². The second kappa shape index (κ2) is 15.3.